The maximum absolute atomic E-state index is 12.2. The van der Waals surface area contributed by atoms with E-state index in [0.29, 0.717) is 13.0 Å². The Morgan fingerprint density at radius 2 is 1.50 bits per heavy atom. The molecule has 0 aliphatic rings. The Labute approximate surface area is 166 Å². The molecular formula is C22H28N2O4. The van der Waals surface area contributed by atoms with Crippen molar-refractivity contribution in [3.05, 3.63) is 59.7 Å². The number of aryl methyl sites for hydroxylation is 1. The number of esters is 1. The lowest BCUT2D eigenvalue weighted by Crippen LogP contribution is -2.30. The first-order chi connectivity index (χ1) is 13.4. The Bertz CT molecular complexity index is 770. The molecule has 2 aromatic carbocycles. The molecule has 0 saturated heterocycles. The van der Waals surface area contributed by atoms with E-state index in [1.54, 1.807) is 19.1 Å². The molecule has 28 heavy (non-hydrogen) atoms. The number of methoxy groups -OCH3 is 1. The van der Waals surface area contributed by atoms with Crippen LogP contribution in [0.3, 0.4) is 0 Å². The SMILES string of the molecule is COc1ccc(CCC(=O)OCC(=O)N(C)Cc2ccc(N(C)C)cc2)cc1. The summed E-state index contributed by atoms with van der Waals surface area (Å²) in [4.78, 5) is 27.7. The summed E-state index contributed by atoms with van der Waals surface area (Å²) >= 11 is 0. The highest BCUT2D eigenvalue weighted by Gasteiger charge is 2.13. The molecule has 0 heterocycles. The summed E-state index contributed by atoms with van der Waals surface area (Å²) in [6.45, 7) is 0.226. The van der Waals surface area contributed by atoms with E-state index in [9.17, 15) is 9.59 Å². The Morgan fingerprint density at radius 1 is 0.893 bits per heavy atom. The molecule has 0 N–H and O–H groups in total. The summed E-state index contributed by atoms with van der Waals surface area (Å²) in [5.74, 6) is 0.165. The van der Waals surface area contributed by atoms with Gasteiger partial charge in [0.1, 0.15) is 5.75 Å². The third kappa shape index (κ3) is 6.61. The van der Waals surface area contributed by atoms with E-state index in [1.807, 2.05) is 67.5 Å². The van der Waals surface area contributed by atoms with Crippen LogP contribution in [0.4, 0.5) is 5.69 Å². The summed E-state index contributed by atoms with van der Waals surface area (Å²) in [6, 6.07) is 15.5. The van der Waals surface area contributed by atoms with E-state index in [4.69, 9.17) is 9.47 Å². The molecule has 0 atom stereocenters. The van der Waals surface area contributed by atoms with Crippen molar-refractivity contribution in [1.82, 2.24) is 4.90 Å². The number of hydrogen-bond donors (Lipinski definition) is 0. The average molecular weight is 384 g/mol. The molecule has 0 fully saturated rings. The van der Waals surface area contributed by atoms with Gasteiger partial charge in [0.25, 0.3) is 5.91 Å². The van der Waals surface area contributed by atoms with Crippen molar-refractivity contribution in [2.45, 2.75) is 19.4 Å². The van der Waals surface area contributed by atoms with E-state index >= 15 is 0 Å². The van der Waals surface area contributed by atoms with Gasteiger partial charge in [-0.15, -0.1) is 0 Å². The second-order valence-corrected chi connectivity index (χ2v) is 6.82. The van der Waals surface area contributed by atoms with Crippen molar-refractivity contribution in [3.63, 3.8) is 0 Å². The number of hydrogen-bond acceptors (Lipinski definition) is 5. The first kappa shape index (κ1) is 21.3. The van der Waals surface area contributed by atoms with E-state index in [0.717, 1.165) is 22.6 Å². The molecule has 0 bridgehead atoms. The number of anilines is 1. The first-order valence-corrected chi connectivity index (χ1v) is 9.18. The molecule has 2 aromatic rings. The molecule has 6 heteroatoms. The number of amides is 1. The molecule has 0 aliphatic heterocycles. The maximum atomic E-state index is 12.2. The second kappa shape index (κ2) is 10.3. The lowest BCUT2D eigenvalue weighted by molar-refractivity contribution is -0.151. The minimum atomic E-state index is -0.382. The van der Waals surface area contributed by atoms with Crippen LogP contribution < -0.4 is 9.64 Å². The van der Waals surface area contributed by atoms with Crippen molar-refractivity contribution in [2.24, 2.45) is 0 Å². The standard InChI is InChI=1S/C22H28N2O4/c1-23(2)19-10-5-18(6-11-19)15-24(3)21(25)16-28-22(26)14-9-17-7-12-20(27-4)13-8-17/h5-8,10-13H,9,14-16H2,1-4H3. The fraction of sp³-hybridized carbons (Fsp3) is 0.364. The average Bonchev–Trinajstić information content (AvgIpc) is 2.71. The Morgan fingerprint density at radius 3 is 2.07 bits per heavy atom. The minimum absolute atomic E-state index is 0.227. The number of carbonyl (C=O) groups is 2. The second-order valence-electron chi connectivity index (χ2n) is 6.82. The van der Waals surface area contributed by atoms with Gasteiger partial charge in [-0.1, -0.05) is 24.3 Å². The smallest absolute Gasteiger partial charge is 0.306 e. The van der Waals surface area contributed by atoms with Crippen molar-refractivity contribution >= 4 is 17.6 Å². The van der Waals surface area contributed by atoms with Crippen molar-refractivity contribution in [3.8, 4) is 5.75 Å². The van der Waals surface area contributed by atoms with Gasteiger partial charge in [0.05, 0.1) is 7.11 Å². The summed E-state index contributed by atoms with van der Waals surface area (Å²) in [7, 11) is 7.27. The summed E-state index contributed by atoms with van der Waals surface area (Å²) in [6.07, 6.45) is 0.792. The van der Waals surface area contributed by atoms with Crippen LogP contribution in [-0.2, 0) is 27.3 Å². The van der Waals surface area contributed by atoms with Crippen LogP contribution in [0.1, 0.15) is 17.5 Å². The Kier molecular flexibility index (Phi) is 7.87. The van der Waals surface area contributed by atoms with Gasteiger partial charge < -0.3 is 19.3 Å². The van der Waals surface area contributed by atoms with Crippen LogP contribution in [0, 0.1) is 0 Å². The van der Waals surface area contributed by atoms with Gasteiger partial charge in [-0.05, 0) is 41.8 Å². The molecule has 0 aromatic heterocycles. The summed E-state index contributed by atoms with van der Waals surface area (Å²) < 4.78 is 10.2. The van der Waals surface area contributed by atoms with Gasteiger partial charge in [0, 0.05) is 39.8 Å². The molecule has 0 saturated carbocycles. The largest absolute Gasteiger partial charge is 0.497 e. The van der Waals surface area contributed by atoms with Crippen LogP contribution in [0.2, 0.25) is 0 Å². The summed E-state index contributed by atoms with van der Waals surface area (Å²) in [5, 5.41) is 0. The van der Waals surface area contributed by atoms with Crippen molar-refractivity contribution in [2.75, 3.05) is 39.8 Å². The van der Waals surface area contributed by atoms with Gasteiger partial charge >= 0.3 is 5.97 Å². The number of ether oxygens (including phenoxy) is 2. The lowest BCUT2D eigenvalue weighted by atomic mass is 10.1. The molecule has 0 radical (unpaired) electrons. The molecule has 1 amide bonds. The number of likely N-dealkylation sites (N-methyl/N-ethyl adjacent to an activating group) is 1. The van der Waals surface area contributed by atoms with Crippen LogP contribution in [0.15, 0.2) is 48.5 Å². The van der Waals surface area contributed by atoms with Crippen LogP contribution in [0.25, 0.3) is 0 Å². The zero-order valence-electron chi connectivity index (χ0n) is 17.0. The highest BCUT2D eigenvalue weighted by atomic mass is 16.5. The van der Waals surface area contributed by atoms with Crippen LogP contribution in [-0.4, -0.2) is 51.6 Å². The topological polar surface area (TPSA) is 59.1 Å². The molecular weight excluding hydrogens is 356 g/mol. The molecule has 0 aliphatic carbocycles. The molecule has 2 rings (SSSR count). The van der Waals surface area contributed by atoms with Gasteiger partial charge in [-0.2, -0.15) is 0 Å². The van der Waals surface area contributed by atoms with Crippen molar-refractivity contribution in [1.29, 1.82) is 0 Å². The molecule has 0 unspecified atom stereocenters. The fourth-order valence-corrected chi connectivity index (χ4v) is 2.62. The van der Waals surface area contributed by atoms with Gasteiger partial charge in [-0.25, -0.2) is 0 Å². The van der Waals surface area contributed by atoms with E-state index < -0.39 is 0 Å². The zero-order chi connectivity index (χ0) is 20.5. The maximum Gasteiger partial charge on any atom is 0.306 e. The quantitative estimate of drug-likeness (QED) is 0.622. The predicted octanol–water partition coefficient (Wildman–Crippen LogP) is 2.90. The third-order valence-corrected chi connectivity index (χ3v) is 4.43. The van der Waals surface area contributed by atoms with Gasteiger partial charge in [0.15, 0.2) is 6.61 Å². The zero-order valence-corrected chi connectivity index (χ0v) is 17.0. The number of rotatable bonds is 9. The van der Waals surface area contributed by atoms with Gasteiger partial charge in [-0.3, -0.25) is 9.59 Å². The highest BCUT2D eigenvalue weighted by molar-refractivity contribution is 5.80. The third-order valence-electron chi connectivity index (χ3n) is 4.43. The molecule has 150 valence electrons. The fourth-order valence-electron chi connectivity index (χ4n) is 2.62. The highest BCUT2D eigenvalue weighted by Crippen LogP contribution is 2.14. The minimum Gasteiger partial charge on any atom is -0.497 e. The number of benzene rings is 2. The molecule has 6 nitrogen and oxygen atoms in total. The van der Waals surface area contributed by atoms with E-state index in [2.05, 4.69) is 0 Å². The van der Waals surface area contributed by atoms with Crippen LogP contribution in [0.5, 0.6) is 5.75 Å². The first-order valence-electron chi connectivity index (χ1n) is 9.18. The Balaban J connectivity index is 1.73. The van der Waals surface area contributed by atoms with E-state index in [1.165, 1.54) is 0 Å². The van der Waals surface area contributed by atoms with Crippen LogP contribution >= 0.6 is 0 Å². The number of nitrogens with zero attached hydrogens (tertiary/aromatic N) is 2. The normalized spacial score (nSPS) is 10.3. The number of carbonyl (C=O) groups excluding carboxylic acids is 2. The van der Waals surface area contributed by atoms with Gasteiger partial charge in [0.2, 0.25) is 0 Å². The predicted molar refractivity (Wildman–Crippen MR) is 110 cm³/mol. The molecule has 0 spiro atoms. The monoisotopic (exact) mass is 384 g/mol. The Hall–Kier alpha value is -3.02. The lowest BCUT2D eigenvalue weighted by Gasteiger charge is -2.18. The van der Waals surface area contributed by atoms with Crippen molar-refractivity contribution < 1.29 is 19.1 Å². The van der Waals surface area contributed by atoms with E-state index in [-0.39, 0.29) is 24.9 Å². The summed E-state index contributed by atoms with van der Waals surface area (Å²) in [5.41, 5.74) is 3.14.